The maximum atomic E-state index is 13.1. The Kier molecular flexibility index (Phi) is 5.02. The van der Waals surface area contributed by atoms with Crippen LogP contribution in [0.4, 0.5) is 10.1 Å². The molecule has 0 saturated heterocycles. The fraction of sp³-hybridized carbons (Fsp3) is 0. The molecule has 2 amide bonds. The number of amides is 2. The standard InChI is InChI=1S/C14H9BrFN3O4/c15-12-6-3-9(16)7-11(12)14(21)18-17-13(20)8-1-4-10(5-2-8)19(22)23/h1-7H,(H,17,20)(H,18,21). The summed E-state index contributed by atoms with van der Waals surface area (Å²) in [5.41, 5.74) is 4.24. The Bertz CT molecular complexity index is 780. The van der Waals surface area contributed by atoms with E-state index >= 15 is 0 Å². The zero-order valence-electron chi connectivity index (χ0n) is 11.4. The number of halogens is 2. The Labute approximate surface area is 137 Å². The molecule has 0 unspecified atom stereocenters. The number of benzene rings is 2. The highest BCUT2D eigenvalue weighted by atomic mass is 79.9. The molecule has 0 fully saturated rings. The number of rotatable bonds is 3. The predicted molar refractivity (Wildman–Crippen MR) is 82.1 cm³/mol. The largest absolute Gasteiger partial charge is 0.270 e. The number of nitro benzene ring substituents is 1. The third-order valence-electron chi connectivity index (χ3n) is 2.80. The summed E-state index contributed by atoms with van der Waals surface area (Å²) in [5.74, 6) is -1.98. The second-order valence-electron chi connectivity index (χ2n) is 4.34. The van der Waals surface area contributed by atoms with Gasteiger partial charge in [0.1, 0.15) is 5.82 Å². The molecule has 0 saturated carbocycles. The van der Waals surface area contributed by atoms with Gasteiger partial charge in [-0.2, -0.15) is 0 Å². The molecule has 0 bridgehead atoms. The lowest BCUT2D eigenvalue weighted by atomic mass is 10.2. The number of hydrogen-bond acceptors (Lipinski definition) is 4. The Morgan fingerprint density at radius 1 is 1.04 bits per heavy atom. The van der Waals surface area contributed by atoms with Gasteiger partial charge in [0.05, 0.1) is 10.5 Å². The van der Waals surface area contributed by atoms with E-state index in [1.807, 2.05) is 0 Å². The maximum Gasteiger partial charge on any atom is 0.270 e. The van der Waals surface area contributed by atoms with Crippen LogP contribution in [0.5, 0.6) is 0 Å². The first-order chi connectivity index (χ1) is 10.9. The van der Waals surface area contributed by atoms with Gasteiger partial charge >= 0.3 is 0 Å². The fourth-order valence-electron chi connectivity index (χ4n) is 1.66. The second-order valence-corrected chi connectivity index (χ2v) is 5.19. The van der Waals surface area contributed by atoms with Gasteiger partial charge in [-0.15, -0.1) is 0 Å². The molecule has 0 aliphatic heterocycles. The van der Waals surface area contributed by atoms with Crippen LogP contribution in [0.15, 0.2) is 46.9 Å². The number of nitro groups is 1. The number of non-ortho nitro benzene ring substituents is 1. The summed E-state index contributed by atoms with van der Waals surface area (Å²) in [6.07, 6.45) is 0. The lowest BCUT2D eigenvalue weighted by Crippen LogP contribution is -2.41. The van der Waals surface area contributed by atoms with Crippen molar-refractivity contribution in [3.05, 3.63) is 74.0 Å². The van der Waals surface area contributed by atoms with Gasteiger partial charge < -0.3 is 0 Å². The van der Waals surface area contributed by atoms with E-state index < -0.39 is 22.6 Å². The number of hydrogen-bond donors (Lipinski definition) is 2. The SMILES string of the molecule is O=C(NNC(=O)c1cc(F)ccc1Br)c1ccc([N+](=O)[O-])cc1. The van der Waals surface area contributed by atoms with Gasteiger partial charge in [-0.25, -0.2) is 4.39 Å². The number of nitrogens with one attached hydrogen (secondary N) is 2. The summed E-state index contributed by atoms with van der Waals surface area (Å²) in [4.78, 5) is 33.7. The van der Waals surface area contributed by atoms with Crippen molar-refractivity contribution in [3.63, 3.8) is 0 Å². The first-order valence-corrected chi connectivity index (χ1v) is 6.98. The highest BCUT2D eigenvalue weighted by Gasteiger charge is 2.13. The van der Waals surface area contributed by atoms with Crippen LogP contribution >= 0.6 is 15.9 Å². The van der Waals surface area contributed by atoms with Crippen LogP contribution in [0.25, 0.3) is 0 Å². The summed E-state index contributed by atoms with van der Waals surface area (Å²) < 4.78 is 13.5. The molecule has 9 heteroatoms. The van der Waals surface area contributed by atoms with Crippen molar-refractivity contribution in [2.24, 2.45) is 0 Å². The Hall–Kier alpha value is -2.81. The molecular weight excluding hydrogens is 373 g/mol. The average molecular weight is 382 g/mol. The van der Waals surface area contributed by atoms with E-state index in [1.165, 1.54) is 36.4 Å². The van der Waals surface area contributed by atoms with E-state index in [9.17, 15) is 24.1 Å². The Morgan fingerprint density at radius 2 is 1.65 bits per heavy atom. The second kappa shape index (κ2) is 6.97. The molecule has 0 aliphatic rings. The van der Waals surface area contributed by atoms with E-state index in [-0.39, 0.29) is 16.8 Å². The molecule has 0 atom stereocenters. The van der Waals surface area contributed by atoms with Crippen LogP contribution in [0.3, 0.4) is 0 Å². The van der Waals surface area contributed by atoms with Crippen LogP contribution in [0, 0.1) is 15.9 Å². The molecular formula is C14H9BrFN3O4. The number of nitrogens with zero attached hydrogens (tertiary/aromatic N) is 1. The van der Waals surface area contributed by atoms with Gasteiger partial charge in [0, 0.05) is 22.2 Å². The van der Waals surface area contributed by atoms with Crippen molar-refractivity contribution in [2.45, 2.75) is 0 Å². The summed E-state index contributed by atoms with van der Waals surface area (Å²) in [5, 5.41) is 10.5. The van der Waals surface area contributed by atoms with Gasteiger partial charge in [0.25, 0.3) is 17.5 Å². The van der Waals surface area contributed by atoms with Crippen molar-refractivity contribution in [2.75, 3.05) is 0 Å². The van der Waals surface area contributed by atoms with E-state index in [0.717, 1.165) is 6.07 Å². The first kappa shape index (κ1) is 16.6. The molecule has 2 aromatic rings. The quantitative estimate of drug-likeness (QED) is 0.629. The first-order valence-electron chi connectivity index (χ1n) is 6.18. The third kappa shape index (κ3) is 4.10. The van der Waals surface area contributed by atoms with Crippen LogP contribution in [0.1, 0.15) is 20.7 Å². The number of carbonyl (C=O) groups excluding carboxylic acids is 2. The molecule has 23 heavy (non-hydrogen) atoms. The summed E-state index contributed by atoms with van der Waals surface area (Å²) >= 11 is 3.10. The third-order valence-corrected chi connectivity index (χ3v) is 3.49. The van der Waals surface area contributed by atoms with Crippen LogP contribution in [0.2, 0.25) is 0 Å². The molecule has 118 valence electrons. The highest BCUT2D eigenvalue weighted by Crippen LogP contribution is 2.17. The average Bonchev–Trinajstić information content (AvgIpc) is 2.54. The Balaban J connectivity index is 2.02. The van der Waals surface area contributed by atoms with Gasteiger partial charge in [0.2, 0.25) is 0 Å². The van der Waals surface area contributed by atoms with Crippen molar-refractivity contribution < 1.29 is 18.9 Å². The van der Waals surface area contributed by atoms with Crippen LogP contribution < -0.4 is 10.9 Å². The van der Waals surface area contributed by atoms with Crippen molar-refractivity contribution in [3.8, 4) is 0 Å². The summed E-state index contributed by atoms with van der Waals surface area (Å²) in [6, 6.07) is 8.38. The molecule has 0 radical (unpaired) electrons. The van der Waals surface area contributed by atoms with E-state index in [4.69, 9.17) is 0 Å². The zero-order chi connectivity index (χ0) is 17.0. The Morgan fingerprint density at radius 3 is 2.26 bits per heavy atom. The molecule has 2 N–H and O–H groups in total. The lowest BCUT2D eigenvalue weighted by Gasteiger charge is -2.08. The van der Waals surface area contributed by atoms with Crippen molar-refractivity contribution >= 4 is 33.4 Å². The normalized spacial score (nSPS) is 10.0. The zero-order valence-corrected chi connectivity index (χ0v) is 13.0. The fourth-order valence-corrected chi connectivity index (χ4v) is 2.09. The van der Waals surface area contributed by atoms with Crippen LogP contribution in [-0.4, -0.2) is 16.7 Å². The minimum atomic E-state index is -0.716. The van der Waals surface area contributed by atoms with E-state index in [1.54, 1.807) is 0 Å². The maximum absolute atomic E-state index is 13.1. The van der Waals surface area contributed by atoms with Gasteiger partial charge in [0.15, 0.2) is 0 Å². The number of hydrazine groups is 1. The molecule has 0 spiro atoms. The highest BCUT2D eigenvalue weighted by molar-refractivity contribution is 9.10. The molecule has 2 aromatic carbocycles. The summed E-state index contributed by atoms with van der Waals surface area (Å²) in [7, 11) is 0. The molecule has 0 aliphatic carbocycles. The van der Waals surface area contributed by atoms with Crippen molar-refractivity contribution in [1.82, 2.24) is 10.9 Å². The van der Waals surface area contributed by atoms with E-state index in [2.05, 4.69) is 26.8 Å². The molecule has 2 rings (SSSR count). The lowest BCUT2D eigenvalue weighted by molar-refractivity contribution is -0.384. The van der Waals surface area contributed by atoms with Gasteiger partial charge in [-0.1, -0.05) is 0 Å². The smallest absolute Gasteiger partial charge is 0.267 e. The minimum Gasteiger partial charge on any atom is -0.267 e. The monoisotopic (exact) mass is 381 g/mol. The van der Waals surface area contributed by atoms with E-state index in [0.29, 0.717) is 4.47 Å². The van der Waals surface area contributed by atoms with Gasteiger partial charge in [-0.3, -0.25) is 30.6 Å². The number of carbonyl (C=O) groups is 2. The van der Waals surface area contributed by atoms with Crippen LogP contribution in [-0.2, 0) is 0 Å². The molecule has 7 nitrogen and oxygen atoms in total. The van der Waals surface area contributed by atoms with Crippen molar-refractivity contribution in [1.29, 1.82) is 0 Å². The topological polar surface area (TPSA) is 101 Å². The van der Waals surface area contributed by atoms with Gasteiger partial charge in [-0.05, 0) is 46.3 Å². The predicted octanol–water partition coefficient (Wildman–Crippen LogP) is 2.57. The summed E-state index contributed by atoms with van der Waals surface area (Å²) in [6.45, 7) is 0. The molecule has 0 aromatic heterocycles. The minimum absolute atomic E-state index is 0.00833. The molecule has 0 heterocycles.